The molecule has 4 N–H and O–H groups in total. The van der Waals surface area contributed by atoms with E-state index in [1.165, 1.54) is 0 Å². The molecule has 1 aromatic heterocycles. The van der Waals surface area contributed by atoms with E-state index < -0.39 is 6.10 Å². The Labute approximate surface area is 130 Å². The molecule has 6 nitrogen and oxygen atoms in total. The Morgan fingerprint density at radius 1 is 1.41 bits per heavy atom. The van der Waals surface area contributed by atoms with Gasteiger partial charge in [-0.1, -0.05) is 30.3 Å². The van der Waals surface area contributed by atoms with E-state index >= 15 is 0 Å². The van der Waals surface area contributed by atoms with Crippen LogP contribution < -0.4 is 5.73 Å². The number of nitrogens with zero attached hydrogens (tertiary/aromatic N) is 3. The maximum absolute atomic E-state index is 10.2. The van der Waals surface area contributed by atoms with E-state index in [1.807, 2.05) is 37.4 Å². The highest BCUT2D eigenvalue weighted by atomic mass is 16.3. The van der Waals surface area contributed by atoms with Crippen LogP contribution in [0.2, 0.25) is 0 Å². The second-order valence-corrected chi connectivity index (χ2v) is 5.37. The third-order valence-corrected chi connectivity index (χ3v) is 3.62. The molecule has 0 spiro atoms. The highest BCUT2D eigenvalue weighted by Gasteiger charge is 2.12. The van der Waals surface area contributed by atoms with Crippen LogP contribution in [0.3, 0.4) is 0 Å². The minimum atomic E-state index is -0.497. The van der Waals surface area contributed by atoms with Gasteiger partial charge in [0.15, 0.2) is 5.82 Å². The van der Waals surface area contributed by atoms with Crippen molar-refractivity contribution in [2.24, 2.45) is 0 Å². The molecule has 0 aliphatic rings. The molecule has 0 amide bonds. The monoisotopic (exact) mass is 299 g/mol. The van der Waals surface area contributed by atoms with Crippen molar-refractivity contribution in [2.75, 3.05) is 25.9 Å². The summed E-state index contributed by atoms with van der Waals surface area (Å²) in [6, 6.07) is 11.7. The van der Waals surface area contributed by atoms with Gasteiger partial charge in [-0.25, -0.2) is 0 Å². The summed E-state index contributed by atoms with van der Waals surface area (Å²) in [6.07, 6.45) is 1.07. The molecular formula is C16H21N5O. The molecule has 0 fully saturated rings. The van der Waals surface area contributed by atoms with Crippen LogP contribution in [0.1, 0.15) is 29.3 Å². The molecule has 0 bridgehead atoms. The number of nitrogen functional groups attached to an aromatic ring is 1. The maximum Gasteiger partial charge on any atom is 0.163 e. The third kappa shape index (κ3) is 4.07. The van der Waals surface area contributed by atoms with Crippen LogP contribution in [0.5, 0.6) is 0 Å². The first-order chi connectivity index (χ1) is 10.6. The largest absolute Gasteiger partial charge is 0.387 e. The first-order valence-corrected chi connectivity index (χ1v) is 7.26. The predicted octanol–water partition coefficient (Wildman–Crippen LogP) is 1.46. The van der Waals surface area contributed by atoms with Crippen LogP contribution in [-0.4, -0.2) is 40.3 Å². The van der Waals surface area contributed by atoms with Gasteiger partial charge >= 0.3 is 0 Å². The van der Waals surface area contributed by atoms with Crippen molar-refractivity contribution in [3.63, 3.8) is 0 Å². The second-order valence-electron chi connectivity index (χ2n) is 5.37. The number of aliphatic hydroxyl groups excluding tert-OH is 1. The Morgan fingerprint density at radius 3 is 2.82 bits per heavy atom. The van der Waals surface area contributed by atoms with Crippen LogP contribution in [0.15, 0.2) is 30.3 Å². The summed E-state index contributed by atoms with van der Waals surface area (Å²) in [5, 5.41) is 25.8. The van der Waals surface area contributed by atoms with Crippen molar-refractivity contribution in [1.29, 1.82) is 5.26 Å². The summed E-state index contributed by atoms with van der Waals surface area (Å²) in [7, 11) is 1.97. The number of hydrogen-bond donors (Lipinski definition) is 3. The summed E-state index contributed by atoms with van der Waals surface area (Å²) in [5.41, 5.74) is 7.74. The third-order valence-electron chi connectivity index (χ3n) is 3.62. The zero-order valence-electron chi connectivity index (χ0n) is 12.7. The lowest BCUT2D eigenvalue weighted by molar-refractivity contribution is 0.126. The lowest BCUT2D eigenvalue weighted by Gasteiger charge is -2.20. The number of likely N-dealkylation sites (N-methyl/N-ethyl adjacent to an activating group) is 1. The topological polar surface area (TPSA) is 102 Å². The zero-order valence-corrected chi connectivity index (χ0v) is 12.7. The van der Waals surface area contributed by atoms with E-state index in [-0.39, 0.29) is 5.82 Å². The number of aliphatic hydroxyl groups is 1. The van der Waals surface area contributed by atoms with Gasteiger partial charge in [0.05, 0.1) is 11.8 Å². The molecule has 1 aromatic carbocycles. The first kappa shape index (κ1) is 16.0. The lowest BCUT2D eigenvalue weighted by atomic mass is 10.1. The fourth-order valence-corrected chi connectivity index (χ4v) is 2.39. The van der Waals surface area contributed by atoms with Crippen molar-refractivity contribution < 1.29 is 5.11 Å². The van der Waals surface area contributed by atoms with Crippen molar-refractivity contribution >= 4 is 5.82 Å². The van der Waals surface area contributed by atoms with Crippen LogP contribution in [0.4, 0.5) is 5.82 Å². The highest BCUT2D eigenvalue weighted by molar-refractivity contribution is 5.50. The van der Waals surface area contributed by atoms with Crippen molar-refractivity contribution in [3.8, 4) is 6.07 Å². The molecule has 0 saturated carbocycles. The smallest absolute Gasteiger partial charge is 0.163 e. The molecule has 2 rings (SSSR count). The molecule has 22 heavy (non-hydrogen) atoms. The number of hydrogen-bond acceptors (Lipinski definition) is 5. The van der Waals surface area contributed by atoms with Gasteiger partial charge in [0.2, 0.25) is 0 Å². The van der Waals surface area contributed by atoms with E-state index in [0.717, 1.165) is 24.2 Å². The summed E-state index contributed by atoms with van der Waals surface area (Å²) < 4.78 is 0. The molecule has 1 unspecified atom stereocenters. The molecular weight excluding hydrogens is 278 g/mol. The van der Waals surface area contributed by atoms with Crippen LogP contribution in [0, 0.1) is 11.3 Å². The van der Waals surface area contributed by atoms with Gasteiger partial charge in [-0.15, -0.1) is 0 Å². The number of rotatable bonds is 7. The molecule has 0 aliphatic heterocycles. The number of benzene rings is 1. The van der Waals surface area contributed by atoms with E-state index in [0.29, 0.717) is 18.5 Å². The first-order valence-electron chi connectivity index (χ1n) is 7.26. The fraction of sp³-hybridized carbons (Fsp3) is 0.375. The maximum atomic E-state index is 10.2. The van der Waals surface area contributed by atoms with Gasteiger partial charge < -0.3 is 15.7 Å². The normalized spacial score (nSPS) is 12.3. The lowest BCUT2D eigenvalue weighted by Crippen LogP contribution is -2.26. The molecule has 2 aromatic rings. The molecule has 1 heterocycles. The number of nitrogens with two attached hydrogens (primary N) is 1. The van der Waals surface area contributed by atoms with E-state index in [4.69, 9.17) is 11.0 Å². The number of anilines is 1. The average Bonchev–Trinajstić information content (AvgIpc) is 2.88. The van der Waals surface area contributed by atoms with Gasteiger partial charge in [-0.3, -0.25) is 5.10 Å². The van der Waals surface area contributed by atoms with E-state index in [9.17, 15) is 5.11 Å². The molecule has 6 heteroatoms. The summed E-state index contributed by atoms with van der Waals surface area (Å²) in [6.45, 7) is 1.38. The number of nitrogens with one attached hydrogen (secondary N) is 1. The van der Waals surface area contributed by atoms with Gasteiger partial charge in [0.1, 0.15) is 11.6 Å². The standard InChI is InChI=1S/C16H21N5O/c1-21(11-15(22)12-6-3-2-4-7-12)9-5-8-14-13(10-17)16(18)20-19-14/h2-4,6-7,15,22H,5,8-9,11H2,1H3,(H3,18,19,20). The predicted molar refractivity (Wildman–Crippen MR) is 84.9 cm³/mol. The molecule has 116 valence electrons. The van der Waals surface area contributed by atoms with Crippen LogP contribution in [0.25, 0.3) is 0 Å². The minimum absolute atomic E-state index is 0.255. The molecule has 0 aliphatic carbocycles. The highest BCUT2D eigenvalue weighted by Crippen LogP contribution is 2.15. The van der Waals surface area contributed by atoms with E-state index in [2.05, 4.69) is 21.2 Å². The molecule has 0 saturated heterocycles. The van der Waals surface area contributed by atoms with Crippen LogP contribution >= 0.6 is 0 Å². The Bertz CT molecular complexity index is 632. The second kappa shape index (κ2) is 7.59. The Morgan fingerprint density at radius 2 is 2.14 bits per heavy atom. The number of nitriles is 1. The SMILES string of the molecule is CN(CCCc1[nH]nc(N)c1C#N)CC(O)c1ccccc1. The summed E-state index contributed by atoms with van der Waals surface area (Å²) in [5.74, 6) is 0.255. The van der Waals surface area contributed by atoms with Gasteiger partial charge in [-0.05, 0) is 32.0 Å². The minimum Gasteiger partial charge on any atom is -0.387 e. The number of aromatic amines is 1. The number of aryl methyl sites for hydroxylation is 1. The van der Waals surface area contributed by atoms with Crippen LogP contribution in [-0.2, 0) is 6.42 Å². The van der Waals surface area contributed by atoms with Crippen molar-refractivity contribution in [2.45, 2.75) is 18.9 Å². The average molecular weight is 299 g/mol. The summed E-state index contributed by atoms with van der Waals surface area (Å²) >= 11 is 0. The number of aromatic nitrogens is 2. The fourth-order valence-electron chi connectivity index (χ4n) is 2.39. The molecule has 0 radical (unpaired) electrons. The van der Waals surface area contributed by atoms with Crippen molar-refractivity contribution in [3.05, 3.63) is 47.2 Å². The van der Waals surface area contributed by atoms with Gasteiger partial charge in [0, 0.05) is 6.54 Å². The summed E-state index contributed by atoms with van der Waals surface area (Å²) in [4.78, 5) is 2.07. The van der Waals surface area contributed by atoms with E-state index in [1.54, 1.807) is 0 Å². The number of H-pyrrole nitrogens is 1. The Hall–Kier alpha value is -2.36. The van der Waals surface area contributed by atoms with Crippen molar-refractivity contribution in [1.82, 2.24) is 15.1 Å². The Kier molecular flexibility index (Phi) is 5.53. The quantitative estimate of drug-likeness (QED) is 0.718. The molecule has 1 atom stereocenters. The zero-order chi connectivity index (χ0) is 15.9. The van der Waals surface area contributed by atoms with Gasteiger partial charge in [0.25, 0.3) is 0 Å². The Balaban J connectivity index is 1.78. The van der Waals surface area contributed by atoms with Gasteiger partial charge in [-0.2, -0.15) is 10.4 Å².